The Morgan fingerprint density at radius 3 is 2.35 bits per heavy atom. The van der Waals surface area contributed by atoms with Gasteiger partial charge in [-0.25, -0.2) is 0 Å². The van der Waals surface area contributed by atoms with Crippen LogP contribution in [0.1, 0.15) is 47.8 Å². The van der Waals surface area contributed by atoms with Gasteiger partial charge in [0.1, 0.15) is 11.5 Å². The first-order valence-corrected chi connectivity index (χ1v) is 10.3. The summed E-state index contributed by atoms with van der Waals surface area (Å²) in [5, 5.41) is 11.8. The van der Waals surface area contributed by atoms with Crippen LogP contribution in [0.4, 0.5) is 11.5 Å². The van der Waals surface area contributed by atoms with Crippen LogP contribution < -0.4 is 5.32 Å². The zero-order valence-corrected chi connectivity index (χ0v) is 18.0. The van der Waals surface area contributed by atoms with Gasteiger partial charge in [0.15, 0.2) is 17.4 Å². The van der Waals surface area contributed by atoms with Crippen molar-refractivity contribution in [3.8, 4) is 17.1 Å². The zero-order chi connectivity index (χ0) is 21.8. The quantitative estimate of drug-likeness (QED) is 0.464. The summed E-state index contributed by atoms with van der Waals surface area (Å²) in [5.41, 5.74) is 3.98. The molecule has 0 aliphatic heterocycles. The molecule has 0 spiro atoms. The lowest BCUT2D eigenvalue weighted by Gasteiger charge is -2.29. The van der Waals surface area contributed by atoms with Gasteiger partial charge < -0.3 is 14.4 Å². The van der Waals surface area contributed by atoms with E-state index in [4.69, 9.17) is 9.05 Å². The van der Waals surface area contributed by atoms with Gasteiger partial charge in [-0.3, -0.25) is 9.36 Å². The molecular weight excluding hydrogens is 392 g/mol. The minimum absolute atomic E-state index is 0.102. The number of carbonyl (C=O) groups excluding carboxylic acids is 1. The summed E-state index contributed by atoms with van der Waals surface area (Å²) >= 11 is 0. The summed E-state index contributed by atoms with van der Waals surface area (Å²) in [7, 11) is 0. The fourth-order valence-electron chi connectivity index (χ4n) is 4.38. The summed E-state index contributed by atoms with van der Waals surface area (Å²) in [6.07, 6.45) is 1.21. The topological polar surface area (TPSA) is 86.1 Å². The van der Waals surface area contributed by atoms with Gasteiger partial charge in [-0.15, -0.1) is 0 Å². The highest BCUT2D eigenvalue weighted by Crippen LogP contribution is 2.46. The third-order valence-corrected chi connectivity index (χ3v) is 5.61. The summed E-state index contributed by atoms with van der Waals surface area (Å²) < 4.78 is 12.7. The number of hydrogen-bond donors (Lipinski definition) is 1. The lowest BCUT2D eigenvalue weighted by atomic mass is 9.76. The second-order valence-corrected chi connectivity index (χ2v) is 8.93. The molecule has 0 saturated carbocycles. The lowest BCUT2D eigenvalue weighted by molar-refractivity contribution is 0.0911. The van der Waals surface area contributed by atoms with E-state index in [0.717, 1.165) is 29.1 Å². The van der Waals surface area contributed by atoms with Gasteiger partial charge in [-0.05, 0) is 25.7 Å². The van der Waals surface area contributed by atoms with Crippen LogP contribution in [0.25, 0.3) is 17.1 Å². The summed E-state index contributed by atoms with van der Waals surface area (Å²) in [6, 6.07) is 13.7. The fourth-order valence-corrected chi connectivity index (χ4v) is 4.38. The average molecular weight is 416 g/mol. The molecule has 0 unspecified atom stereocenters. The van der Waals surface area contributed by atoms with Crippen molar-refractivity contribution in [1.29, 1.82) is 0 Å². The van der Waals surface area contributed by atoms with Gasteiger partial charge >= 0.3 is 0 Å². The first-order valence-electron chi connectivity index (χ1n) is 10.3. The van der Waals surface area contributed by atoms with E-state index in [0.29, 0.717) is 35.1 Å². The Balaban J connectivity index is 1.84. The normalized spacial score (nSPS) is 15.2. The average Bonchev–Trinajstić information content (AvgIpc) is 3.39. The molecule has 1 aromatic carbocycles. The Bertz CT molecular complexity index is 1280. The first kappa shape index (κ1) is 19.4. The number of nitrogens with one attached hydrogen (secondary N) is 1. The fraction of sp³-hybridized carbons (Fsp3) is 0.292. The van der Waals surface area contributed by atoms with Crippen molar-refractivity contribution >= 4 is 17.3 Å². The molecule has 0 amide bonds. The van der Waals surface area contributed by atoms with Gasteiger partial charge in [0.2, 0.25) is 0 Å². The van der Waals surface area contributed by atoms with E-state index in [1.165, 1.54) is 0 Å². The molecule has 31 heavy (non-hydrogen) atoms. The third kappa shape index (κ3) is 3.36. The van der Waals surface area contributed by atoms with Crippen molar-refractivity contribution in [2.24, 2.45) is 5.41 Å². The van der Waals surface area contributed by atoms with Crippen LogP contribution in [0, 0.1) is 19.3 Å². The number of hydrogen-bond acceptors (Lipinski definition) is 6. The molecule has 0 bridgehead atoms. The number of nitrogens with zero attached hydrogens (tertiary/aromatic N) is 3. The van der Waals surface area contributed by atoms with E-state index >= 15 is 0 Å². The Kier molecular flexibility index (Phi) is 4.36. The highest BCUT2D eigenvalue weighted by molar-refractivity contribution is 6.08. The number of ketones is 1. The lowest BCUT2D eigenvalue weighted by Crippen LogP contribution is -2.28. The number of Topliss-reactive ketones (excluding diaryl/α,β-unsaturated/α-hetero) is 1. The van der Waals surface area contributed by atoms with E-state index in [-0.39, 0.29) is 11.2 Å². The number of fused-ring (bicyclic) bond motifs is 1. The highest BCUT2D eigenvalue weighted by atomic mass is 16.5. The van der Waals surface area contributed by atoms with E-state index in [2.05, 4.69) is 34.0 Å². The summed E-state index contributed by atoms with van der Waals surface area (Å²) in [5.74, 6) is 2.72. The van der Waals surface area contributed by atoms with Gasteiger partial charge in [0.25, 0.3) is 0 Å². The zero-order valence-electron chi connectivity index (χ0n) is 18.0. The van der Waals surface area contributed by atoms with Crippen molar-refractivity contribution in [3.05, 3.63) is 65.2 Å². The number of anilines is 2. The molecule has 7 heteroatoms. The molecule has 1 aliphatic carbocycles. The maximum absolute atomic E-state index is 13.4. The van der Waals surface area contributed by atoms with Crippen molar-refractivity contribution in [3.63, 3.8) is 0 Å². The van der Waals surface area contributed by atoms with Crippen LogP contribution in [-0.2, 0) is 6.42 Å². The number of benzene rings is 1. The molecular formula is C24H24N4O3. The second kappa shape index (κ2) is 6.97. The molecule has 3 heterocycles. The van der Waals surface area contributed by atoms with E-state index in [1.54, 1.807) is 0 Å². The van der Waals surface area contributed by atoms with E-state index < -0.39 is 0 Å². The molecule has 0 atom stereocenters. The number of carbonyl (C=O) groups is 1. The second-order valence-electron chi connectivity index (χ2n) is 8.93. The first-order chi connectivity index (χ1) is 14.8. The van der Waals surface area contributed by atoms with Crippen molar-refractivity contribution in [2.45, 2.75) is 40.5 Å². The minimum Gasteiger partial charge on any atom is -0.360 e. The molecule has 158 valence electrons. The molecule has 4 aromatic rings. The Morgan fingerprint density at radius 2 is 1.71 bits per heavy atom. The van der Waals surface area contributed by atoms with Crippen LogP contribution in [-0.4, -0.2) is 20.7 Å². The SMILES string of the molecule is Cc1cc(Nc2c3c(n(-c4cc(C)on4)c2-c2ccccc2)CC(C)(C)CC3=O)no1. The Morgan fingerprint density at radius 1 is 1.00 bits per heavy atom. The number of aromatic nitrogens is 3. The Labute approximate surface area is 180 Å². The monoisotopic (exact) mass is 416 g/mol. The van der Waals surface area contributed by atoms with Gasteiger partial charge in [-0.1, -0.05) is 54.5 Å². The maximum Gasteiger partial charge on any atom is 0.181 e. The molecule has 0 fully saturated rings. The highest BCUT2D eigenvalue weighted by Gasteiger charge is 2.39. The van der Waals surface area contributed by atoms with Crippen LogP contribution in [0.15, 0.2) is 51.5 Å². The molecule has 0 radical (unpaired) electrons. The largest absolute Gasteiger partial charge is 0.360 e. The van der Waals surface area contributed by atoms with Gasteiger partial charge in [0.05, 0.1) is 16.9 Å². The standard InChI is InChI=1S/C24H24N4O3/c1-14-10-19(26-30-14)25-22-21-17(12-24(3,4)13-18(21)29)28(20-11-15(2)31-27-20)23(22)16-8-6-5-7-9-16/h5-11H,12-13H2,1-4H3,(H,25,26). The predicted molar refractivity (Wildman–Crippen MR) is 117 cm³/mol. The molecule has 1 N–H and O–H groups in total. The van der Waals surface area contributed by atoms with Crippen LogP contribution in [0.5, 0.6) is 0 Å². The Hall–Kier alpha value is -3.61. The predicted octanol–water partition coefficient (Wildman–Crippen LogP) is 5.64. The maximum atomic E-state index is 13.4. The van der Waals surface area contributed by atoms with Crippen LogP contribution >= 0.6 is 0 Å². The molecule has 3 aromatic heterocycles. The van der Waals surface area contributed by atoms with Gasteiger partial charge in [-0.2, -0.15) is 0 Å². The van der Waals surface area contributed by atoms with Crippen molar-refractivity contribution < 1.29 is 13.8 Å². The molecule has 7 nitrogen and oxygen atoms in total. The minimum atomic E-state index is -0.158. The van der Waals surface area contributed by atoms with E-state index in [1.807, 2.05) is 56.3 Å². The third-order valence-electron chi connectivity index (χ3n) is 5.61. The smallest absolute Gasteiger partial charge is 0.181 e. The number of aryl methyl sites for hydroxylation is 2. The van der Waals surface area contributed by atoms with Gasteiger partial charge in [0, 0.05) is 29.8 Å². The summed E-state index contributed by atoms with van der Waals surface area (Å²) in [6.45, 7) is 7.94. The van der Waals surface area contributed by atoms with Crippen LogP contribution in [0.3, 0.4) is 0 Å². The van der Waals surface area contributed by atoms with Crippen molar-refractivity contribution in [2.75, 3.05) is 5.32 Å². The van der Waals surface area contributed by atoms with Crippen LogP contribution in [0.2, 0.25) is 0 Å². The molecule has 1 aliphatic rings. The molecule has 0 saturated heterocycles. The molecule has 5 rings (SSSR count). The number of rotatable bonds is 4. The summed E-state index contributed by atoms with van der Waals surface area (Å²) in [4.78, 5) is 13.4. The van der Waals surface area contributed by atoms with Crippen molar-refractivity contribution in [1.82, 2.24) is 14.9 Å². The van der Waals surface area contributed by atoms with E-state index in [9.17, 15) is 4.79 Å².